The smallest absolute Gasteiger partial charge is 0.139 e. The highest BCUT2D eigenvalue weighted by molar-refractivity contribution is 5.61. The van der Waals surface area contributed by atoms with E-state index in [1.54, 1.807) is 0 Å². The molecule has 90 valence electrons. The minimum Gasteiger partial charge on any atom is -0.334 e. The van der Waals surface area contributed by atoms with Gasteiger partial charge in [-0.1, -0.05) is 24.6 Å². The van der Waals surface area contributed by atoms with Crippen molar-refractivity contribution in [3.63, 3.8) is 0 Å². The number of imidazole rings is 1. The lowest BCUT2D eigenvalue weighted by Gasteiger charge is -2.11. The predicted molar refractivity (Wildman–Crippen MR) is 70.8 cm³/mol. The molecule has 1 heterocycles. The van der Waals surface area contributed by atoms with E-state index in [9.17, 15) is 0 Å². The summed E-state index contributed by atoms with van der Waals surface area (Å²) in [5, 5.41) is 3.37. The first kappa shape index (κ1) is 11.9. The van der Waals surface area contributed by atoms with Crippen LogP contribution in [-0.2, 0) is 13.6 Å². The van der Waals surface area contributed by atoms with Crippen LogP contribution in [0.25, 0.3) is 11.4 Å². The summed E-state index contributed by atoms with van der Waals surface area (Å²) in [7, 11) is 2.03. The van der Waals surface area contributed by atoms with Crippen LogP contribution >= 0.6 is 0 Å². The minimum absolute atomic E-state index is 0.888. The maximum Gasteiger partial charge on any atom is 0.139 e. The zero-order valence-corrected chi connectivity index (χ0v) is 10.7. The number of hydrogen-bond donors (Lipinski definition) is 1. The molecule has 1 aromatic heterocycles. The van der Waals surface area contributed by atoms with E-state index >= 15 is 0 Å². The highest BCUT2D eigenvalue weighted by atomic mass is 15.0. The van der Waals surface area contributed by atoms with Gasteiger partial charge in [-0.3, -0.25) is 0 Å². The summed E-state index contributed by atoms with van der Waals surface area (Å²) in [4.78, 5) is 4.43. The Labute approximate surface area is 103 Å². The normalized spacial score (nSPS) is 10.8. The Morgan fingerprint density at radius 1 is 1.35 bits per heavy atom. The number of nitrogens with one attached hydrogen (secondary N) is 1. The van der Waals surface area contributed by atoms with Crippen LogP contribution in [0.5, 0.6) is 0 Å². The Kier molecular flexibility index (Phi) is 3.59. The third-order valence-corrected chi connectivity index (χ3v) is 2.89. The van der Waals surface area contributed by atoms with Crippen LogP contribution < -0.4 is 5.32 Å². The zero-order valence-electron chi connectivity index (χ0n) is 10.7. The van der Waals surface area contributed by atoms with E-state index in [1.165, 1.54) is 16.7 Å². The predicted octanol–water partition coefficient (Wildman–Crippen LogP) is 2.51. The quantitative estimate of drug-likeness (QED) is 0.873. The van der Waals surface area contributed by atoms with Gasteiger partial charge in [0, 0.05) is 31.5 Å². The van der Waals surface area contributed by atoms with E-state index in [4.69, 9.17) is 0 Å². The molecule has 1 N–H and O–H groups in total. The van der Waals surface area contributed by atoms with Crippen molar-refractivity contribution in [2.45, 2.75) is 20.4 Å². The van der Waals surface area contributed by atoms with E-state index in [2.05, 4.69) is 46.9 Å². The van der Waals surface area contributed by atoms with Crippen molar-refractivity contribution in [1.29, 1.82) is 0 Å². The maximum atomic E-state index is 4.43. The van der Waals surface area contributed by atoms with Crippen molar-refractivity contribution in [2.24, 2.45) is 7.05 Å². The van der Waals surface area contributed by atoms with E-state index in [0.29, 0.717) is 0 Å². The summed E-state index contributed by atoms with van der Waals surface area (Å²) >= 11 is 0. The summed E-state index contributed by atoms with van der Waals surface area (Å²) in [5.74, 6) is 1.03. The first-order valence-corrected chi connectivity index (χ1v) is 6.00. The third kappa shape index (κ3) is 2.56. The van der Waals surface area contributed by atoms with Crippen LogP contribution in [-0.4, -0.2) is 16.1 Å². The lowest BCUT2D eigenvalue weighted by atomic mass is 10.0. The molecule has 3 nitrogen and oxygen atoms in total. The molecular weight excluding hydrogens is 210 g/mol. The molecule has 0 saturated carbocycles. The molecule has 0 aliphatic carbocycles. The first-order chi connectivity index (χ1) is 8.22. The number of aromatic nitrogens is 2. The van der Waals surface area contributed by atoms with Crippen molar-refractivity contribution >= 4 is 0 Å². The second-order valence-corrected chi connectivity index (χ2v) is 4.30. The Balaban J connectivity index is 2.43. The van der Waals surface area contributed by atoms with Crippen molar-refractivity contribution in [1.82, 2.24) is 14.9 Å². The zero-order chi connectivity index (χ0) is 12.3. The minimum atomic E-state index is 0.888. The monoisotopic (exact) mass is 229 g/mol. The molecular formula is C14H19N3. The summed E-state index contributed by atoms with van der Waals surface area (Å²) in [5.41, 5.74) is 3.79. The largest absolute Gasteiger partial charge is 0.334 e. The molecule has 0 aliphatic rings. The van der Waals surface area contributed by atoms with Gasteiger partial charge < -0.3 is 9.88 Å². The molecule has 17 heavy (non-hydrogen) atoms. The van der Waals surface area contributed by atoms with Crippen LogP contribution in [0, 0.1) is 6.92 Å². The third-order valence-electron chi connectivity index (χ3n) is 2.89. The van der Waals surface area contributed by atoms with Crippen molar-refractivity contribution in [3.05, 3.63) is 41.7 Å². The van der Waals surface area contributed by atoms with Crippen molar-refractivity contribution < 1.29 is 0 Å². The molecule has 0 radical (unpaired) electrons. The molecule has 3 heteroatoms. The molecule has 2 aromatic rings. The van der Waals surface area contributed by atoms with Gasteiger partial charge in [-0.05, 0) is 25.1 Å². The van der Waals surface area contributed by atoms with Gasteiger partial charge in [-0.2, -0.15) is 0 Å². The number of benzene rings is 1. The maximum absolute atomic E-state index is 4.43. The summed E-state index contributed by atoms with van der Waals surface area (Å²) in [6, 6.07) is 6.54. The Bertz CT molecular complexity index is 500. The fraction of sp³-hybridized carbons (Fsp3) is 0.357. The highest BCUT2D eigenvalue weighted by Gasteiger charge is 2.09. The Hall–Kier alpha value is -1.61. The Morgan fingerprint density at radius 2 is 2.18 bits per heavy atom. The lowest BCUT2D eigenvalue weighted by Crippen LogP contribution is -2.13. The van der Waals surface area contributed by atoms with Crippen LogP contribution in [0.2, 0.25) is 0 Å². The van der Waals surface area contributed by atoms with E-state index in [0.717, 1.165) is 18.9 Å². The molecule has 0 spiro atoms. The fourth-order valence-electron chi connectivity index (χ4n) is 1.94. The van der Waals surface area contributed by atoms with Gasteiger partial charge in [0.05, 0.1) is 0 Å². The van der Waals surface area contributed by atoms with Gasteiger partial charge in [-0.25, -0.2) is 4.98 Å². The molecule has 0 amide bonds. The molecule has 0 atom stereocenters. The average molecular weight is 229 g/mol. The summed E-state index contributed by atoms with van der Waals surface area (Å²) in [6.45, 7) is 6.10. The van der Waals surface area contributed by atoms with Crippen molar-refractivity contribution in [2.75, 3.05) is 6.54 Å². The first-order valence-electron chi connectivity index (χ1n) is 6.00. The molecule has 1 aromatic carbocycles. The number of rotatable bonds is 4. The second-order valence-electron chi connectivity index (χ2n) is 4.30. The molecule has 0 aliphatic heterocycles. The van der Waals surface area contributed by atoms with E-state index in [1.807, 2.05) is 19.4 Å². The van der Waals surface area contributed by atoms with Crippen LogP contribution in [0.15, 0.2) is 30.6 Å². The van der Waals surface area contributed by atoms with Gasteiger partial charge in [0.25, 0.3) is 0 Å². The standard InChI is InChI=1S/C14H19N3/c1-4-15-10-12-6-5-11(2)9-13(12)14-16-7-8-17(14)3/h5-9,15H,4,10H2,1-3H3. The molecule has 0 unspecified atom stereocenters. The van der Waals surface area contributed by atoms with Crippen LogP contribution in [0.1, 0.15) is 18.1 Å². The lowest BCUT2D eigenvalue weighted by molar-refractivity contribution is 0.726. The van der Waals surface area contributed by atoms with Crippen molar-refractivity contribution in [3.8, 4) is 11.4 Å². The number of nitrogens with zero attached hydrogens (tertiary/aromatic N) is 2. The van der Waals surface area contributed by atoms with Crippen LogP contribution in [0.4, 0.5) is 0 Å². The van der Waals surface area contributed by atoms with E-state index < -0.39 is 0 Å². The summed E-state index contributed by atoms with van der Waals surface area (Å²) < 4.78 is 2.06. The summed E-state index contributed by atoms with van der Waals surface area (Å²) in [6.07, 6.45) is 3.82. The molecule has 0 saturated heterocycles. The topological polar surface area (TPSA) is 29.9 Å². The van der Waals surface area contributed by atoms with Gasteiger partial charge in [0.2, 0.25) is 0 Å². The highest BCUT2D eigenvalue weighted by Crippen LogP contribution is 2.23. The van der Waals surface area contributed by atoms with Gasteiger partial charge in [0.15, 0.2) is 0 Å². The van der Waals surface area contributed by atoms with Gasteiger partial charge >= 0.3 is 0 Å². The van der Waals surface area contributed by atoms with E-state index in [-0.39, 0.29) is 0 Å². The fourth-order valence-corrected chi connectivity index (χ4v) is 1.94. The Morgan fingerprint density at radius 3 is 2.82 bits per heavy atom. The van der Waals surface area contributed by atoms with Crippen LogP contribution in [0.3, 0.4) is 0 Å². The second kappa shape index (κ2) is 5.15. The number of hydrogen-bond acceptors (Lipinski definition) is 2. The SMILES string of the molecule is CCNCc1ccc(C)cc1-c1nccn1C. The van der Waals surface area contributed by atoms with Gasteiger partial charge in [-0.15, -0.1) is 0 Å². The molecule has 2 rings (SSSR count). The molecule has 0 fully saturated rings. The number of aryl methyl sites for hydroxylation is 2. The average Bonchev–Trinajstić information content (AvgIpc) is 2.74. The van der Waals surface area contributed by atoms with Gasteiger partial charge in [0.1, 0.15) is 5.82 Å². The molecule has 0 bridgehead atoms.